The first kappa shape index (κ1) is 20.0. The zero-order valence-corrected chi connectivity index (χ0v) is 16.6. The molecule has 1 unspecified atom stereocenters. The maximum absolute atomic E-state index is 11.4. The van der Waals surface area contributed by atoms with Crippen LogP contribution in [0.1, 0.15) is 27.9 Å². The molecule has 0 aromatic heterocycles. The fourth-order valence-electron chi connectivity index (χ4n) is 3.84. The van der Waals surface area contributed by atoms with Crippen molar-refractivity contribution < 1.29 is 24.1 Å². The van der Waals surface area contributed by atoms with Crippen LogP contribution in [0.2, 0.25) is 0 Å². The first-order valence-electron chi connectivity index (χ1n) is 9.37. The average molecular weight is 385 g/mol. The smallest absolute Gasteiger partial charge is 0.339 e. The van der Waals surface area contributed by atoms with Gasteiger partial charge in [0.05, 0.1) is 21.3 Å². The number of hydrogen-bond acceptors (Lipinski definition) is 5. The Kier molecular flexibility index (Phi) is 6.41. The van der Waals surface area contributed by atoms with Crippen LogP contribution >= 0.6 is 0 Å². The Bertz CT molecular complexity index is 836. The van der Waals surface area contributed by atoms with Crippen LogP contribution < -0.4 is 14.2 Å². The Balaban J connectivity index is 1.61. The van der Waals surface area contributed by atoms with Gasteiger partial charge in [-0.15, -0.1) is 0 Å². The minimum Gasteiger partial charge on any atom is -0.496 e. The Morgan fingerprint density at radius 3 is 2.36 bits per heavy atom. The number of carboxylic acids is 1. The highest BCUT2D eigenvalue weighted by molar-refractivity contribution is 5.91. The van der Waals surface area contributed by atoms with E-state index in [4.69, 9.17) is 14.2 Å². The molecule has 1 aliphatic rings. The van der Waals surface area contributed by atoms with Gasteiger partial charge in [-0.2, -0.15) is 0 Å². The predicted octanol–water partition coefficient (Wildman–Crippen LogP) is 3.48. The molecule has 1 fully saturated rings. The summed E-state index contributed by atoms with van der Waals surface area (Å²) in [5, 5.41) is 9.36. The normalized spacial score (nSPS) is 16.8. The predicted molar refractivity (Wildman–Crippen MR) is 107 cm³/mol. The lowest BCUT2D eigenvalue weighted by atomic mass is 9.98. The third-order valence-corrected chi connectivity index (χ3v) is 5.24. The molecule has 2 aromatic rings. The molecule has 3 rings (SSSR count). The van der Waals surface area contributed by atoms with Gasteiger partial charge < -0.3 is 19.3 Å². The van der Waals surface area contributed by atoms with Crippen molar-refractivity contribution in [2.75, 3.05) is 34.4 Å². The van der Waals surface area contributed by atoms with Crippen LogP contribution in [-0.4, -0.2) is 50.4 Å². The second kappa shape index (κ2) is 8.97. The van der Waals surface area contributed by atoms with Gasteiger partial charge >= 0.3 is 5.97 Å². The summed E-state index contributed by atoms with van der Waals surface area (Å²) < 4.78 is 15.8. The molecule has 6 heteroatoms. The third kappa shape index (κ3) is 4.57. The molecule has 1 N–H and O–H groups in total. The Morgan fingerprint density at radius 2 is 1.68 bits per heavy atom. The van der Waals surface area contributed by atoms with Gasteiger partial charge in [-0.05, 0) is 60.7 Å². The number of carbonyl (C=O) groups is 1. The van der Waals surface area contributed by atoms with E-state index in [9.17, 15) is 9.90 Å². The highest BCUT2D eigenvalue weighted by Gasteiger charge is 2.23. The van der Waals surface area contributed by atoms with Gasteiger partial charge in [0.15, 0.2) is 11.5 Å². The Labute approximate surface area is 165 Å². The van der Waals surface area contributed by atoms with Crippen molar-refractivity contribution in [3.8, 4) is 17.2 Å². The second-order valence-electron chi connectivity index (χ2n) is 7.12. The van der Waals surface area contributed by atoms with Crippen molar-refractivity contribution in [1.29, 1.82) is 0 Å². The number of nitrogens with zero attached hydrogens (tertiary/aromatic N) is 1. The van der Waals surface area contributed by atoms with Gasteiger partial charge in [-0.25, -0.2) is 4.79 Å². The summed E-state index contributed by atoms with van der Waals surface area (Å²) in [6.45, 7) is 2.74. The molecule has 1 heterocycles. The number of likely N-dealkylation sites (tertiary alicyclic amines) is 1. The van der Waals surface area contributed by atoms with E-state index in [0.29, 0.717) is 11.7 Å². The van der Waals surface area contributed by atoms with Crippen molar-refractivity contribution in [3.63, 3.8) is 0 Å². The van der Waals surface area contributed by atoms with Gasteiger partial charge in [-0.1, -0.05) is 12.1 Å². The first-order valence-corrected chi connectivity index (χ1v) is 9.37. The molecular weight excluding hydrogens is 358 g/mol. The van der Waals surface area contributed by atoms with Crippen molar-refractivity contribution in [2.24, 2.45) is 5.92 Å². The number of benzene rings is 2. The van der Waals surface area contributed by atoms with E-state index in [0.717, 1.165) is 49.5 Å². The minimum atomic E-state index is -0.966. The largest absolute Gasteiger partial charge is 0.496 e. The molecule has 28 heavy (non-hydrogen) atoms. The van der Waals surface area contributed by atoms with E-state index in [1.807, 2.05) is 18.2 Å². The lowest BCUT2D eigenvalue weighted by molar-refractivity contribution is 0.0693. The van der Waals surface area contributed by atoms with Crippen molar-refractivity contribution >= 4 is 5.97 Å². The number of methoxy groups -OCH3 is 3. The van der Waals surface area contributed by atoms with Crippen LogP contribution in [0.5, 0.6) is 17.2 Å². The molecule has 0 bridgehead atoms. The van der Waals surface area contributed by atoms with Gasteiger partial charge in [0.2, 0.25) is 0 Å². The van der Waals surface area contributed by atoms with E-state index in [1.165, 1.54) is 12.7 Å². The highest BCUT2D eigenvalue weighted by atomic mass is 16.5. The van der Waals surface area contributed by atoms with Crippen molar-refractivity contribution in [2.45, 2.75) is 19.4 Å². The number of ether oxygens (including phenoxy) is 3. The van der Waals surface area contributed by atoms with Crippen LogP contribution in [0.25, 0.3) is 0 Å². The van der Waals surface area contributed by atoms with Gasteiger partial charge in [0.25, 0.3) is 0 Å². The standard InChI is InChI=1S/C22H27NO5/c1-26-19-6-5-16(11-18(19)22(24)25)13-23-9-8-17(14-23)10-15-4-7-20(27-2)21(12-15)28-3/h4-7,11-12,17H,8-10,13-14H2,1-3H3,(H,24,25). The zero-order valence-electron chi connectivity index (χ0n) is 16.6. The highest BCUT2D eigenvalue weighted by Crippen LogP contribution is 2.30. The summed E-state index contributed by atoms with van der Waals surface area (Å²) in [5.41, 5.74) is 2.44. The molecule has 0 radical (unpaired) electrons. The van der Waals surface area contributed by atoms with Gasteiger partial charge in [-0.3, -0.25) is 4.90 Å². The molecule has 1 atom stereocenters. The number of aromatic carboxylic acids is 1. The SMILES string of the molecule is COc1ccc(CC2CCN(Cc3ccc(OC)c(C(=O)O)c3)C2)cc1OC. The molecule has 0 aliphatic carbocycles. The molecule has 0 spiro atoms. The molecule has 2 aromatic carbocycles. The summed E-state index contributed by atoms with van der Waals surface area (Å²) in [6.07, 6.45) is 2.11. The fourth-order valence-corrected chi connectivity index (χ4v) is 3.84. The van der Waals surface area contributed by atoms with Crippen molar-refractivity contribution in [3.05, 3.63) is 53.1 Å². The topological polar surface area (TPSA) is 68.2 Å². The lowest BCUT2D eigenvalue weighted by Crippen LogP contribution is -2.21. The summed E-state index contributed by atoms with van der Waals surface area (Å²) in [6, 6.07) is 11.5. The Morgan fingerprint density at radius 1 is 1.00 bits per heavy atom. The van der Waals surface area contributed by atoms with E-state index in [2.05, 4.69) is 11.0 Å². The van der Waals surface area contributed by atoms with Crippen LogP contribution in [0.15, 0.2) is 36.4 Å². The third-order valence-electron chi connectivity index (χ3n) is 5.24. The fraction of sp³-hybridized carbons (Fsp3) is 0.409. The lowest BCUT2D eigenvalue weighted by Gasteiger charge is -2.17. The number of hydrogen-bond donors (Lipinski definition) is 1. The maximum atomic E-state index is 11.4. The summed E-state index contributed by atoms with van der Waals surface area (Å²) in [4.78, 5) is 13.8. The second-order valence-corrected chi connectivity index (χ2v) is 7.12. The monoisotopic (exact) mass is 385 g/mol. The van der Waals surface area contributed by atoms with E-state index in [-0.39, 0.29) is 5.56 Å². The van der Waals surface area contributed by atoms with Crippen LogP contribution in [0.3, 0.4) is 0 Å². The molecule has 6 nitrogen and oxygen atoms in total. The maximum Gasteiger partial charge on any atom is 0.339 e. The zero-order chi connectivity index (χ0) is 20.1. The molecule has 1 saturated heterocycles. The van der Waals surface area contributed by atoms with E-state index >= 15 is 0 Å². The van der Waals surface area contributed by atoms with E-state index in [1.54, 1.807) is 26.4 Å². The van der Waals surface area contributed by atoms with Crippen LogP contribution in [-0.2, 0) is 13.0 Å². The molecule has 1 aliphatic heterocycles. The summed E-state index contributed by atoms with van der Waals surface area (Å²) >= 11 is 0. The van der Waals surface area contributed by atoms with Crippen LogP contribution in [0, 0.1) is 5.92 Å². The molecular formula is C22H27NO5. The number of rotatable bonds is 8. The molecule has 0 saturated carbocycles. The first-order chi connectivity index (χ1) is 13.5. The Hall–Kier alpha value is -2.73. The van der Waals surface area contributed by atoms with Crippen molar-refractivity contribution in [1.82, 2.24) is 4.90 Å². The average Bonchev–Trinajstić information content (AvgIpc) is 3.14. The van der Waals surface area contributed by atoms with Gasteiger partial charge in [0.1, 0.15) is 11.3 Å². The quantitative estimate of drug-likeness (QED) is 0.750. The molecule has 150 valence electrons. The number of carboxylic acid groups (broad SMARTS) is 1. The summed E-state index contributed by atoms with van der Waals surface area (Å²) in [7, 11) is 4.78. The summed E-state index contributed by atoms with van der Waals surface area (Å²) in [5.74, 6) is 1.49. The van der Waals surface area contributed by atoms with Gasteiger partial charge in [0, 0.05) is 13.1 Å². The molecule has 0 amide bonds. The van der Waals surface area contributed by atoms with E-state index < -0.39 is 5.97 Å². The minimum absolute atomic E-state index is 0.209. The van der Waals surface area contributed by atoms with Crippen LogP contribution in [0.4, 0.5) is 0 Å².